The molecular formula is C25H21F3INS. The lowest BCUT2D eigenvalue weighted by molar-refractivity contribution is -0.137. The molecule has 0 aliphatic heterocycles. The maximum absolute atomic E-state index is 13.6. The smallest absolute Gasteiger partial charge is 0.281 e. The summed E-state index contributed by atoms with van der Waals surface area (Å²) in [4.78, 5) is 0. The average Bonchev–Trinajstić information content (AvgIpc) is 3.17. The first-order valence-corrected chi connectivity index (χ1v) is 12.3. The fourth-order valence-electron chi connectivity index (χ4n) is 4.73. The van der Waals surface area contributed by atoms with E-state index in [1.165, 1.54) is 59.9 Å². The highest BCUT2D eigenvalue weighted by molar-refractivity contribution is 14.1. The van der Waals surface area contributed by atoms with E-state index in [4.69, 9.17) is 0 Å². The molecule has 0 spiro atoms. The summed E-state index contributed by atoms with van der Waals surface area (Å²) >= 11 is 3.72. The molecule has 1 nitrogen and oxygen atoms in total. The average molecular weight is 551 g/mol. The molecule has 0 saturated heterocycles. The maximum Gasteiger partial charge on any atom is 0.418 e. The highest BCUT2D eigenvalue weighted by Gasteiger charge is 2.35. The maximum atomic E-state index is 13.6. The van der Waals surface area contributed by atoms with Crippen LogP contribution in [-0.2, 0) is 6.18 Å². The lowest BCUT2D eigenvalue weighted by Crippen LogP contribution is -2.12. The van der Waals surface area contributed by atoms with Gasteiger partial charge in [-0.2, -0.15) is 13.2 Å². The van der Waals surface area contributed by atoms with Gasteiger partial charge in [0.2, 0.25) is 0 Å². The van der Waals surface area contributed by atoms with Crippen LogP contribution in [0.4, 0.5) is 24.5 Å². The van der Waals surface area contributed by atoms with Crippen LogP contribution in [0.3, 0.4) is 0 Å². The van der Waals surface area contributed by atoms with E-state index >= 15 is 0 Å². The van der Waals surface area contributed by atoms with Crippen LogP contribution in [0.2, 0.25) is 0 Å². The first-order chi connectivity index (χ1) is 14.9. The largest absolute Gasteiger partial charge is 0.418 e. The molecule has 1 aliphatic rings. The first kappa shape index (κ1) is 21.1. The number of nitrogens with zero attached hydrogens (tertiary/aromatic N) is 1. The van der Waals surface area contributed by atoms with E-state index in [2.05, 4.69) is 24.3 Å². The standard InChI is InChI=1S/C25H21F3INS/c26-25(27,28)20-13-4-5-14-21(20)30(29)22-15-7-12-19-18-11-6-10-17(23(18)31-24(19)22)16-8-2-1-3-9-16/h4-7,10-16H,1-3,8-9H2. The topological polar surface area (TPSA) is 3.24 Å². The van der Waals surface area contributed by atoms with Crippen molar-refractivity contribution in [1.29, 1.82) is 0 Å². The van der Waals surface area contributed by atoms with Gasteiger partial charge in [-0.15, -0.1) is 11.3 Å². The second-order valence-electron chi connectivity index (χ2n) is 8.11. The van der Waals surface area contributed by atoms with E-state index in [9.17, 15) is 13.2 Å². The van der Waals surface area contributed by atoms with Gasteiger partial charge in [0.25, 0.3) is 0 Å². The molecule has 160 valence electrons. The van der Waals surface area contributed by atoms with Crippen molar-refractivity contribution in [3.8, 4) is 0 Å². The first-order valence-electron chi connectivity index (χ1n) is 10.5. The molecule has 1 aromatic heterocycles. The highest BCUT2D eigenvalue weighted by atomic mass is 127. The molecule has 0 bridgehead atoms. The number of thiophene rings is 1. The van der Waals surface area contributed by atoms with Crippen molar-refractivity contribution < 1.29 is 13.2 Å². The Morgan fingerprint density at radius 3 is 2.16 bits per heavy atom. The molecule has 6 heteroatoms. The van der Waals surface area contributed by atoms with Crippen molar-refractivity contribution >= 4 is 65.7 Å². The van der Waals surface area contributed by atoms with E-state index in [1.807, 2.05) is 35.0 Å². The number of para-hydroxylation sites is 1. The fraction of sp³-hybridized carbons (Fsp3) is 0.280. The fourth-order valence-corrected chi connectivity index (χ4v) is 7.11. The Balaban J connectivity index is 1.68. The van der Waals surface area contributed by atoms with Gasteiger partial charge in [0.1, 0.15) is 0 Å². The quantitative estimate of drug-likeness (QED) is 0.181. The van der Waals surface area contributed by atoms with Crippen molar-refractivity contribution in [2.24, 2.45) is 0 Å². The number of hydrogen-bond donors (Lipinski definition) is 0. The van der Waals surface area contributed by atoms with Gasteiger partial charge in [0.15, 0.2) is 0 Å². The van der Waals surface area contributed by atoms with Gasteiger partial charge in [0, 0.05) is 15.5 Å². The van der Waals surface area contributed by atoms with Crippen molar-refractivity contribution in [2.75, 3.05) is 3.11 Å². The van der Waals surface area contributed by atoms with Crippen LogP contribution < -0.4 is 3.11 Å². The zero-order valence-electron chi connectivity index (χ0n) is 16.8. The zero-order valence-corrected chi connectivity index (χ0v) is 19.7. The molecule has 1 saturated carbocycles. The summed E-state index contributed by atoms with van der Waals surface area (Å²) in [6, 6.07) is 18.2. The van der Waals surface area contributed by atoms with Crippen LogP contribution in [0.1, 0.15) is 49.1 Å². The number of fused-ring (bicyclic) bond motifs is 3. The van der Waals surface area contributed by atoms with Gasteiger partial charge in [-0.3, -0.25) is 3.11 Å². The second-order valence-corrected chi connectivity index (χ2v) is 10.1. The predicted molar refractivity (Wildman–Crippen MR) is 133 cm³/mol. The summed E-state index contributed by atoms with van der Waals surface area (Å²) in [6.45, 7) is 0. The molecule has 0 unspecified atom stereocenters. The third-order valence-corrected chi connectivity index (χ3v) is 8.54. The van der Waals surface area contributed by atoms with Crippen LogP contribution in [0.5, 0.6) is 0 Å². The minimum Gasteiger partial charge on any atom is -0.281 e. The third-order valence-electron chi connectivity index (χ3n) is 6.21. The number of halogens is 4. The van der Waals surface area contributed by atoms with Crippen LogP contribution in [0.15, 0.2) is 60.7 Å². The predicted octanol–water partition coefficient (Wildman–Crippen LogP) is 9.61. The van der Waals surface area contributed by atoms with Crippen LogP contribution >= 0.6 is 34.2 Å². The van der Waals surface area contributed by atoms with Gasteiger partial charge in [-0.25, -0.2) is 0 Å². The third kappa shape index (κ3) is 3.82. The summed E-state index contributed by atoms with van der Waals surface area (Å²) in [5.74, 6) is 0.579. The molecule has 4 aromatic rings. The summed E-state index contributed by atoms with van der Waals surface area (Å²) in [7, 11) is 0. The molecule has 5 rings (SSSR count). The van der Waals surface area contributed by atoms with Gasteiger partial charge in [0.05, 0.1) is 44.5 Å². The normalized spacial score (nSPS) is 15.6. The SMILES string of the molecule is FC(F)(F)c1ccccc1N(I)c1cccc2c1sc1c(C3CCCCC3)cccc12. The summed E-state index contributed by atoms with van der Waals surface area (Å²) in [6.07, 6.45) is 1.89. The van der Waals surface area contributed by atoms with Gasteiger partial charge >= 0.3 is 6.18 Å². The Morgan fingerprint density at radius 1 is 0.774 bits per heavy atom. The lowest BCUT2D eigenvalue weighted by Gasteiger charge is -2.22. The molecule has 1 heterocycles. The molecule has 31 heavy (non-hydrogen) atoms. The molecule has 1 aliphatic carbocycles. The van der Waals surface area contributed by atoms with Gasteiger partial charge in [-0.05, 0) is 42.5 Å². The molecule has 3 aromatic carbocycles. The number of rotatable bonds is 3. The lowest BCUT2D eigenvalue weighted by atomic mass is 9.84. The molecular weight excluding hydrogens is 530 g/mol. The number of benzene rings is 3. The summed E-state index contributed by atoms with van der Waals surface area (Å²) in [5.41, 5.74) is 1.74. The monoisotopic (exact) mass is 551 g/mol. The number of alkyl halides is 3. The van der Waals surface area contributed by atoms with Crippen molar-refractivity contribution in [1.82, 2.24) is 0 Å². The van der Waals surface area contributed by atoms with Crippen LogP contribution in [-0.4, -0.2) is 0 Å². The van der Waals surface area contributed by atoms with Gasteiger partial charge in [-0.1, -0.05) is 61.7 Å². The Bertz CT molecular complexity index is 1240. The van der Waals surface area contributed by atoms with Gasteiger partial charge < -0.3 is 0 Å². The molecule has 0 radical (unpaired) electrons. The molecule has 1 fully saturated rings. The van der Waals surface area contributed by atoms with E-state index in [0.717, 1.165) is 21.8 Å². The second kappa shape index (κ2) is 8.28. The van der Waals surface area contributed by atoms with Crippen LogP contribution in [0, 0.1) is 0 Å². The Labute approximate surface area is 197 Å². The molecule has 0 N–H and O–H groups in total. The zero-order chi connectivity index (χ0) is 21.6. The number of anilines is 2. The molecule has 0 atom stereocenters. The van der Waals surface area contributed by atoms with Crippen molar-refractivity contribution in [3.05, 3.63) is 71.8 Å². The summed E-state index contributed by atoms with van der Waals surface area (Å²) in [5, 5.41) is 2.32. The van der Waals surface area contributed by atoms with E-state index in [1.54, 1.807) is 20.5 Å². The minimum absolute atomic E-state index is 0.160. The summed E-state index contributed by atoms with van der Waals surface area (Å²) < 4.78 is 44.9. The Morgan fingerprint density at radius 2 is 1.42 bits per heavy atom. The van der Waals surface area contributed by atoms with E-state index in [0.29, 0.717) is 5.92 Å². The van der Waals surface area contributed by atoms with E-state index < -0.39 is 11.7 Å². The Hall–Kier alpha value is -1.80. The molecule has 0 amide bonds. The number of hydrogen-bond acceptors (Lipinski definition) is 2. The van der Waals surface area contributed by atoms with E-state index in [-0.39, 0.29) is 5.69 Å². The van der Waals surface area contributed by atoms with Crippen molar-refractivity contribution in [2.45, 2.75) is 44.2 Å². The minimum atomic E-state index is -4.40. The highest BCUT2D eigenvalue weighted by Crippen LogP contribution is 2.48. The Kier molecular flexibility index (Phi) is 5.63. The van der Waals surface area contributed by atoms with Crippen LogP contribution in [0.25, 0.3) is 20.2 Å². The van der Waals surface area contributed by atoms with Crippen molar-refractivity contribution in [3.63, 3.8) is 0 Å².